The molecule has 0 spiro atoms. The highest BCUT2D eigenvalue weighted by Gasteiger charge is 2.51. The zero-order valence-electron chi connectivity index (χ0n) is 17.5. The van der Waals surface area contributed by atoms with Crippen molar-refractivity contribution >= 4 is 46.4 Å². The number of halogens is 1. The Hall–Kier alpha value is -2.41. The predicted octanol–water partition coefficient (Wildman–Crippen LogP) is 1.33. The number of rotatable bonds is 7. The highest BCUT2D eigenvalue weighted by molar-refractivity contribution is 14.1. The van der Waals surface area contributed by atoms with Crippen LogP contribution in [0.25, 0.3) is 0 Å². The second-order valence-corrected chi connectivity index (χ2v) is 8.04. The molecule has 1 fully saturated rings. The molecule has 1 aromatic carbocycles. The molecule has 0 aliphatic carbocycles. The molecule has 10 nitrogen and oxygen atoms in total. The summed E-state index contributed by atoms with van der Waals surface area (Å²) in [6.45, 7) is 4.56. The van der Waals surface area contributed by atoms with E-state index in [-0.39, 0.29) is 6.61 Å². The third kappa shape index (κ3) is 7.65. The largest absolute Gasteiger partial charge is 0.463 e. The molecule has 11 heteroatoms. The Bertz CT molecular complexity index is 813. The van der Waals surface area contributed by atoms with E-state index >= 15 is 0 Å². The lowest BCUT2D eigenvalue weighted by atomic mass is 9.96. The number of hydrogen-bond acceptors (Lipinski definition) is 9. The van der Waals surface area contributed by atoms with E-state index in [1.54, 1.807) is 12.1 Å². The summed E-state index contributed by atoms with van der Waals surface area (Å²) in [5.74, 6) is -1.93. The standard InChI is InChI=1S/C20H24INO9/c1-10(23)22-17-19(29-13(4)26)18(28-12(3)25)16(9-27-11(2)24)31-20(17)30-15-7-5-14(21)6-8-15/h5-8,16-20H,9H2,1-4H3,(H,22,23)/t16-,17+,18+,19+,20+/m0/s1. The highest BCUT2D eigenvalue weighted by atomic mass is 127. The number of esters is 3. The highest BCUT2D eigenvalue weighted by Crippen LogP contribution is 2.29. The Morgan fingerprint density at radius 3 is 2.03 bits per heavy atom. The fourth-order valence-corrected chi connectivity index (χ4v) is 3.40. The molecule has 1 N–H and O–H groups in total. The first-order valence-electron chi connectivity index (χ1n) is 9.39. The van der Waals surface area contributed by atoms with E-state index in [0.29, 0.717) is 5.75 Å². The summed E-state index contributed by atoms with van der Waals surface area (Å²) in [6.07, 6.45) is -4.47. The minimum Gasteiger partial charge on any atom is -0.463 e. The van der Waals surface area contributed by atoms with Crippen LogP contribution in [-0.2, 0) is 38.1 Å². The van der Waals surface area contributed by atoms with Crippen molar-refractivity contribution in [3.8, 4) is 5.75 Å². The zero-order chi connectivity index (χ0) is 23.1. The van der Waals surface area contributed by atoms with E-state index in [4.69, 9.17) is 23.7 Å². The van der Waals surface area contributed by atoms with Crippen molar-refractivity contribution in [1.29, 1.82) is 0 Å². The van der Waals surface area contributed by atoms with E-state index in [1.807, 2.05) is 12.1 Å². The van der Waals surface area contributed by atoms with Crippen LogP contribution >= 0.6 is 22.6 Å². The Morgan fingerprint density at radius 2 is 1.52 bits per heavy atom. The summed E-state index contributed by atoms with van der Waals surface area (Å²) >= 11 is 2.14. The smallest absolute Gasteiger partial charge is 0.303 e. The molecule has 2 rings (SSSR count). The second-order valence-electron chi connectivity index (χ2n) is 6.79. The van der Waals surface area contributed by atoms with Gasteiger partial charge in [0.1, 0.15) is 24.5 Å². The fourth-order valence-electron chi connectivity index (χ4n) is 3.04. The van der Waals surface area contributed by atoms with Gasteiger partial charge in [0, 0.05) is 31.3 Å². The molecule has 0 saturated carbocycles. The van der Waals surface area contributed by atoms with Crippen LogP contribution in [-0.4, -0.2) is 61.1 Å². The molecule has 1 saturated heterocycles. The van der Waals surface area contributed by atoms with Crippen molar-refractivity contribution < 1.29 is 42.9 Å². The van der Waals surface area contributed by atoms with Crippen LogP contribution in [0.3, 0.4) is 0 Å². The van der Waals surface area contributed by atoms with Crippen LogP contribution in [0.5, 0.6) is 5.75 Å². The quantitative estimate of drug-likeness (QED) is 0.305. The number of ether oxygens (including phenoxy) is 5. The molecular formula is C20H24INO9. The average Bonchev–Trinajstić information content (AvgIpc) is 2.65. The average molecular weight is 549 g/mol. The molecule has 1 amide bonds. The van der Waals surface area contributed by atoms with Gasteiger partial charge in [0.05, 0.1) is 0 Å². The Labute approximate surface area is 193 Å². The van der Waals surface area contributed by atoms with Crippen LogP contribution in [0.1, 0.15) is 27.7 Å². The van der Waals surface area contributed by atoms with Crippen molar-refractivity contribution in [2.24, 2.45) is 0 Å². The van der Waals surface area contributed by atoms with Crippen LogP contribution in [0.4, 0.5) is 0 Å². The number of carbonyl (C=O) groups is 4. The van der Waals surface area contributed by atoms with E-state index in [9.17, 15) is 19.2 Å². The van der Waals surface area contributed by atoms with Crippen molar-refractivity contribution in [3.63, 3.8) is 0 Å². The first kappa shape index (κ1) is 24.9. The maximum absolute atomic E-state index is 11.9. The van der Waals surface area contributed by atoms with Gasteiger partial charge in [-0.3, -0.25) is 19.2 Å². The molecule has 1 aliphatic rings. The molecule has 170 valence electrons. The van der Waals surface area contributed by atoms with Gasteiger partial charge in [-0.1, -0.05) is 0 Å². The third-order valence-electron chi connectivity index (χ3n) is 4.14. The van der Waals surface area contributed by atoms with E-state index in [0.717, 1.165) is 3.57 Å². The number of amides is 1. The minimum absolute atomic E-state index is 0.287. The van der Waals surface area contributed by atoms with Gasteiger partial charge in [-0.15, -0.1) is 0 Å². The molecule has 5 atom stereocenters. The van der Waals surface area contributed by atoms with Crippen molar-refractivity contribution in [3.05, 3.63) is 27.8 Å². The first-order valence-corrected chi connectivity index (χ1v) is 10.5. The normalized spacial score (nSPS) is 25.1. The van der Waals surface area contributed by atoms with Gasteiger partial charge < -0.3 is 29.0 Å². The summed E-state index contributed by atoms with van der Waals surface area (Å²) < 4.78 is 28.6. The van der Waals surface area contributed by atoms with Gasteiger partial charge in [-0.05, 0) is 46.9 Å². The lowest BCUT2D eigenvalue weighted by Crippen LogP contribution is -2.67. The van der Waals surface area contributed by atoms with Gasteiger partial charge in [-0.2, -0.15) is 0 Å². The topological polar surface area (TPSA) is 126 Å². The number of hydrogen-bond donors (Lipinski definition) is 1. The summed E-state index contributed by atoms with van der Waals surface area (Å²) in [5.41, 5.74) is 0. The summed E-state index contributed by atoms with van der Waals surface area (Å²) in [7, 11) is 0. The Kier molecular flexibility index (Phi) is 9.04. The molecule has 1 aromatic rings. The summed E-state index contributed by atoms with van der Waals surface area (Å²) in [4.78, 5) is 46.7. The van der Waals surface area contributed by atoms with Crippen LogP contribution in [0.15, 0.2) is 24.3 Å². The monoisotopic (exact) mass is 549 g/mol. The number of benzene rings is 1. The van der Waals surface area contributed by atoms with Gasteiger partial charge in [0.15, 0.2) is 12.2 Å². The zero-order valence-corrected chi connectivity index (χ0v) is 19.6. The van der Waals surface area contributed by atoms with Crippen molar-refractivity contribution in [2.45, 2.75) is 58.3 Å². The lowest BCUT2D eigenvalue weighted by molar-refractivity contribution is -0.257. The van der Waals surface area contributed by atoms with Gasteiger partial charge in [0.25, 0.3) is 0 Å². The minimum atomic E-state index is -1.16. The second kappa shape index (κ2) is 11.3. The van der Waals surface area contributed by atoms with E-state index in [1.165, 1.54) is 27.7 Å². The molecule has 1 heterocycles. The molecule has 0 radical (unpaired) electrons. The lowest BCUT2D eigenvalue weighted by Gasteiger charge is -2.44. The molecule has 0 aromatic heterocycles. The third-order valence-corrected chi connectivity index (χ3v) is 4.86. The van der Waals surface area contributed by atoms with Crippen LogP contribution in [0, 0.1) is 3.57 Å². The van der Waals surface area contributed by atoms with Crippen LogP contribution < -0.4 is 10.1 Å². The predicted molar refractivity (Wildman–Crippen MR) is 114 cm³/mol. The maximum atomic E-state index is 11.9. The van der Waals surface area contributed by atoms with Crippen molar-refractivity contribution in [1.82, 2.24) is 5.32 Å². The van der Waals surface area contributed by atoms with E-state index in [2.05, 4.69) is 27.9 Å². The maximum Gasteiger partial charge on any atom is 0.303 e. The molecule has 31 heavy (non-hydrogen) atoms. The molecular weight excluding hydrogens is 525 g/mol. The van der Waals surface area contributed by atoms with E-state index < -0.39 is 54.5 Å². The van der Waals surface area contributed by atoms with Gasteiger partial charge in [0.2, 0.25) is 12.2 Å². The number of nitrogens with one attached hydrogen (secondary N) is 1. The van der Waals surface area contributed by atoms with Gasteiger partial charge >= 0.3 is 17.9 Å². The molecule has 0 unspecified atom stereocenters. The SMILES string of the molecule is CC(=O)N[C@H]1[C@H](Oc2ccc(I)cc2)O[C@@H](COC(C)=O)[C@@H](OC(C)=O)[C@@H]1OC(C)=O. The Balaban J connectivity index is 2.43. The molecule has 0 bridgehead atoms. The van der Waals surface area contributed by atoms with Gasteiger partial charge in [-0.25, -0.2) is 0 Å². The summed E-state index contributed by atoms with van der Waals surface area (Å²) in [5, 5.41) is 2.64. The van der Waals surface area contributed by atoms with Crippen molar-refractivity contribution in [2.75, 3.05) is 6.61 Å². The summed E-state index contributed by atoms with van der Waals surface area (Å²) in [6, 6.07) is 6.02. The molecule has 1 aliphatic heterocycles. The fraction of sp³-hybridized carbons (Fsp3) is 0.500. The number of carbonyl (C=O) groups excluding carboxylic acids is 4. The Morgan fingerprint density at radius 1 is 0.935 bits per heavy atom. The first-order chi connectivity index (χ1) is 14.6. The van der Waals surface area contributed by atoms with Crippen LogP contribution in [0.2, 0.25) is 0 Å².